The summed E-state index contributed by atoms with van der Waals surface area (Å²) in [5.41, 5.74) is 4.70. The van der Waals surface area contributed by atoms with Crippen molar-refractivity contribution in [3.8, 4) is 5.69 Å². The number of halogens is 1. The molecule has 2 aromatic carbocycles. The van der Waals surface area contributed by atoms with Crippen molar-refractivity contribution >= 4 is 6.03 Å². The molecule has 33 heavy (non-hydrogen) atoms. The van der Waals surface area contributed by atoms with Crippen molar-refractivity contribution in [2.24, 2.45) is 0 Å². The molecule has 1 aliphatic rings. The van der Waals surface area contributed by atoms with Crippen LogP contribution in [-0.4, -0.2) is 44.7 Å². The third-order valence-corrected chi connectivity index (χ3v) is 5.74. The van der Waals surface area contributed by atoms with Gasteiger partial charge in [0.25, 0.3) is 0 Å². The zero-order valence-electron chi connectivity index (χ0n) is 19.8. The Hall–Kier alpha value is -3.19. The lowest BCUT2D eigenvalue weighted by atomic mass is 10.0. The van der Waals surface area contributed by atoms with Gasteiger partial charge in [-0.3, -0.25) is 4.90 Å². The number of hydrogen-bond acceptors (Lipinski definition) is 3. The molecule has 2 amide bonds. The molecule has 0 saturated heterocycles. The summed E-state index contributed by atoms with van der Waals surface area (Å²) in [5.74, 6) is -0.290. The van der Waals surface area contributed by atoms with E-state index in [-0.39, 0.29) is 17.4 Å². The van der Waals surface area contributed by atoms with Crippen LogP contribution >= 0.6 is 0 Å². The van der Waals surface area contributed by atoms with Gasteiger partial charge in [0.1, 0.15) is 5.82 Å². The summed E-state index contributed by atoms with van der Waals surface area (Å²) in [5, 5.41) is 7.86. The normalized spacial score (nSPS) is 14.1. The number of nitrogens with zero attached hydrogens (tertiary/aromatic N) is 4. The minimum atomic E-state index is -0.321. The number of hydrogen-bond donors (Lipinski definition) is 1. The molecule has 6 nitrogen and oxygen atoms in total. The second-order valence-electron chi connectivity index (χ2n) is 9.75. The van der Waals surface area contributed by atoms with Gasteiger partial charge in [0.15, 0.2) is 0 Å². The van der Waals surface area contributed by atoms with Gasteiger partial charge in [-0.2, -0.15) is 5.10 Å². The van der Waals surface area contributed by atoms with E-state index in [0.717, 1.165) is 43.0 Å². The Balaban J connectivity index is 1.63. The van der Waals surface area contributed by atoms with Crippen LogP contribution in [0.15, 0.2) is 54.6 Å². The number of carbonyl (C=O) groups is 1. The van der Waals surface area contributed by atoms with Gasteiger partial charge in [0.05, 0.1) is 23.6 Å². The summed E-state index contributed by atoms with van der Waals surface area (Å²) >= 11 is 0. The lowest BCUT2D eigenvalue weighted by Gasteiger charge is -2.29. The van der Waals surface area contributed by atoms with Crippen molar-refractivity contribution in [1.29, 1.82) is 0 Å². The molecule has 0 radical (unpaired) electrons. The lowest BCUT2D eigenvalue weighted by Crippen LogP contribution is -2.47. The van der Waals surface area contributed by atoms with Gasteiger partial charge < -0.3 is 10.2 Å². The van der Waals surface area contributed by atoms with Gasteiger partial charge in [-0.25, -0.2) is 13.9 Å². The first-order valence-electron chi connectivity index (χ1n) is 11.3. The first-order chi connectivity index (χ1) is 15.7. The quantitative estimate of drug-likeness (QED) is 0.624. The number of benzene rings is 2. The number of nitrogens with one attached hydrogen (secondary N) is 1. The summed E-state index contributed by atoms with van der Waals surface area (Å²) in [6.07, 6.45) is 0.809. The van der Waals surface area contributed by atoms with Crippen LogP contribution < -0.4 is 5.32 Å². The van der Waals surface area contributed by atoms with E-state index < -0.39 is 0 Å². The van der Waals surface area contributed by atoms with Crippen molar-refractivity contribution in [3.63, 3.8) is 0 Å². The third kappa shape index (κ3) is 5.60. The summed E-state index contributed by atoms with van der Waals surface area (Å²) < 4.78 is 15.8. The minimum absolute atomic E-state index is 0.145. The zero-order valence-corrected chi connectivity index (χ0v) is 19.8. The Morgan fingerprint density at radius 2 is 1.91 bits per heavy atom. The molecule has 1 aliphatic heterocycles. The van der Waals surface area contributed by atoms with Crippen LogP contribution in [0.1, 0.15) is 43.3 Å². The zero-order chi connectivity index (χ0) is 23.6. The van der Waals surface area contributed by atoms with Crippen LogP contribution in [0, 0.1) is 5.82 Å². The molecule has 0 unspecified atom stereocenters. The second kappa shape index (κ2) is 9.35. The van der Waals surface area contributed by atoms with Crippen molar-refractivity contribution in [2.45, 2.75) is 52.4 Å². The summed E-state index contributed by atoms with van der Waals surface area (Å²) in [6.45, 7) is 8.74. The van der Waals surface area contributed by atoms with Crippen LogP contribution in [0.2, 0.25) is 0 Å². The second-order valence-corrected chi connectivity index (χ2v) is 9.75. The molecule has 7 heteroatoms. The van der Waals surface area contributed by atoms with Crippen molar-refractivity contribution in [1.82, 2.24) is 24.9 Å². The van der Waals surface area contributed by atoms with Crippen LogP contribution in [0.4, 0.5) is 9.18 Å². The standard InChI is InChI=1S/C26H32FN5O/c1-26(2,3)28-25(33)30(4)18-23-22-17-31(16-19-9-6-5-7-10-19)14-13-24(22)32(29-23)21-12-8-11-20(27)15-21/h5-12,15H,13-14,16-18H2,1-4H3,(H,28,33). The number of carbonyl (C=O) groups excluding carboxylic acids is 1. The maximum Gasteiger partial charge on any atom is 0.317 e. The predicted molar refractivity (Wildman–Crippen MR) is 128 cm³/mol. The predicted octanol–water partition coefficient (Wildman–Crippen LogP) is 4.51. The van der Waals surface area contributed by atoms with Gasteiger partial charge in [0, 0.05) is 44.2 Å². The summed E-state index contributed by atoms with van der Waals surface area (Å²) in [6, 6.07) is 16.8. The highest BCUT2D eigenvalue weighted by Crippen LogP contribution is 2.27. The van der Waals surface area contributed by atoms with E-state index in [1.807, 2.05) is 37.6 Å². The fourth-order valence-corrected chi connectivity index (χ4v) is 4.18. The topological polar surface area (TPSA) is 53.4 Å². The number of aromatic nitrogens is 2. The number of urea groups is 1. The number of fused-ring (bicyclic) bond motifs is 1. The van der Waals surface area contributed by atoms with E-state index in [9.17, 15) is 9.18 Å². The van der Waals surface area contributed by atoms with Gasteiger partial charge in [0.2, 0.25) is 0 Å². The molecular formula is C26H32FN5O. The van der Waals surface area contributed by atoms with E-state index >= 15 is 0 Å². The molecule has 0 fully saturated rings. The fourth-order valence-electron chi connectivity index (χ4n) is 4.18. The monoisotopic (exact) mass is 449 g/mol. The first-order valence-corrected chi connectivity index (χ1v) is 11.3. The van der Waals surface area contributed by atoms with Crippen LogP contribution in [0.5, 0.6) is 0 Å². The van der Waals surface area contributed by atoms with E-state index in [4.69, 9.17) is 5.10 Å². The number of amides is 2. The maximum atomic E-state index is 14.0. The van der Waals surface area contributed by atoms with Crippen LogP contribution in [0.25, 0.3) is 5.69 Å². The first kappa shape index (κ1) is 23.0. The van der Waals surface area contributed by atoms with Crippen molar-refractivity contribution in [2.75, 3.05) is 13.6 Å². The molecular weight excluding hydrogens is 417 g/mol. The van der Waals surface area contributed by atoms with Crippen molar-refractivity contribution < 1.29 is 9.18 Å². The third-order valence-electron chi connectivity index (χ3n) is 5.74. The average molecular weight is 450 g/mol. The SMILES string of the molecule is CN(Cc1nn(-c2cccc(F)c2)c2c1CN(Cc1ccccc1)CC2)C(=O)NC(C)(C)C. The van der Waals surface area contributed by atoms with Crippen LogP contribution in [-0.2, 0) is 26.1 Å². The molecule has 0 spiro atoms. The highest BCUT2D eigenvalue weighted by atomic mass is 19.1. The van der Waals surface area contributed by atoms with Crippen LogP contribution in [0.3, 0.4) is 0 Å². The lowest BCUT2D eigenvalue weighted by molar-refractivity contribution is 0.196. The minimum Gasteiger partial charge on any atom is -0.333 e. The Bertz CT molecular complexity index is 1120. The molecule has 0 atom stereocenters. The maximum absolute atomic E-state index is 14.0. The summed E-state index contributed by atoms with van der Waals surface area (Å²) in [7, 11) is 1.78. The summed E-state index contributed by atoms with van der Waals surface area (Å²) in [4.78, 5) is 16.7. The van der Waals surface area contributed by atoms with Gasteiger partial charge in [-0.15, -0.1) is 0 Å². The largest absolute Gasteiger partial charge is 0.333 e. The Labute approximate surface area is 195 Å². The Morgan fingerprint density at radius 3 is 2.61 bits per heavy atom. The highest BCUT2D eigenvalue weighted by molar-refractivity contribution is 5.74. The van der Waals surface area contributed by atoms with Crippen molar-refractivity contribution in [3.05, 3.63) is 82.9 Å². The van der Waals surface area contributed by atoms with Gasteiger partial charge >= 0.3 is 6.03 Å². The molecule has 1 N–H and O–H groups in total. The molecule has 2 heterocycles. The molecule has 0 aliphatic carbocycles. The molecule has 0 saturated carbocycles. The fraction of sp³-hybridized carbons (Fsp3) is 0.385. The Morgan fingerprint density at radius 1 is 1.15 bits per heavy atom. The van der Waals surface area contributed by atoms with E-state index in [0.29, 0.717) is 12.2 Å². The van der Waals surface area contributed by atoms with E-state index in [1.165, 1.54) is 17.7 Å². The Kier molecular flexibility index (Phi) is 6.51. The molecule has 3 aromatic rings. The van der Waals surface area contributed by atoms with Gasteiger partial charge in [-0.1, -0.05) is 36.4 Å². The van der Waals surface area contributed by atoms with Gasteiger partial charge in [-0.05, 0) is 44.5 Å². The molecule has 174 valence electrons. The average Bonchev–Trinajstić information content (AvgIpc) is 3.11. The van der Waals surface area contributed by atoms with E-state index in [2.05, 4.69) is 34.5 Å². The molecule has 0 bridgehead atoms. The number of rotatable bonds is 5. The molecule has 1 aromatic heterocycles. The molecule has 4 rings (SSSR count). The highest BCUT2D eigenvalue weighted by Gasteiger charge is 2.27. The van der Waals surface area contributed by atoms with E-state index in [1.54, 1.807) is 18.0 Å². The smallest absolute Gasteiger partial charge is 0.317 e.